The number of esters is 1. The topological polar surface area (TPSA) is 82.5 Å². The molecule has 0 saturated carbocycles. The summed E-state index contributed by atoms with van der Waals surface area (Å²) in [5.41, 5.74) is 1.37. The van der Waals surface area contributed by atoms with Crippen molar-refractivity contribution < 1.29 is 19.1 Å². The molecule has 1 aromatic heterocycles. The number of nitrogens with one attached hydrogen (secondary N) is 1. The van der Waals surface area contributed by atoms with Crippen LogP contribution in [0.25, 0.3) is 0 Å². The molecular formula is C17H21N3O4. The predicted octanol–water partition coefficient (Wildman–Crippen LogP) is 2.73. The minimum Gasteiger partial charge on any atom is -0.476 e. The molecule has 2 rings (SSSR count). The summed E-state index contributed by atoms with van der Waals surface area (Å²) in [5.74, 6) is -0.403. The Hall–Kier alpha value is -2.83. The van der Waals surface area contributed by atoms with Gasteiger partial charge in [0, 0.05) is 18.4 Å². The number of hydrogen-bond donors (Lipinski definition) is 1. The Balaban J connectivity index is 2.12. The Kier molecular flexibility index (Phi) is 5.95. The van der Waals surface area contributed by atoms with E-state index < -0.39 is 5.97 Å². The number of ether oxygens (including phenoxy) is 2. The van der Waals surface area contributed by atoms with Crippen LogP contribution in [0.4, 0.5) is 5.69 Å². The molecule has 0 aliphatic heterocycles. The summed E-state index contributed by atoms with van der Waals surface area (Å²) in [7, 11) is 0. The van der Waals surface area contributed by atoms with Gasteiger partial charge in [0.1, 0.15) is 5.56 Å². The van der Waals surface area contributed by atoms with Crippen LogP contribution in [-0.2, 0) is 11.3 Å². The van der Waals surface area contributed by atoms with Crippen LogP contribution in [-0.4, -0.2) is 34.9 Å². The summed E-state index contributed by atoms with van der Waals surface area (Å²) >= 11 is 0. The lowest BCUT2D eigenvalue weighted by atomic mass is 10.2. The number of carbonyl (C=O) groups is 2. The number of hydrogen-bond acceptors (Lipinski definition) is 5. The first-order chi connectivity index (χ1) is 11.6. The Bertz CT molecular complexity index is 707. The van der Waals surface area contributed by atoms with Crippen LogP contribution in [0, 0.1) is 0 Å². The molecule has 0 aliphatic carbocycles. The molecule has 24 heavy (non-hydrogen) atoms. The molecule has 1 aromatic carbocycles. The Morgan fingerprint density at radius 3 is 2.42 bits per heavy atom. The van der Waals surface area contributed by atoms with E-state index in [0.29, 0.717) is 42.5 Å². The van der Waals surface area contributed by atoms with Gasteiger partial charge in [0.05, 0.1) is 18.8 Å². The fourth-order valence-electron chi connectivity index (χ4n) is 2.07. The average Bonchev–Trinajstić information content (AvgIpc) is 2.99. The van der Waals surface area contributed by atoms with E-state index in [9.17, 15) is 9.59 Å². The molecule has 1 amide bonds. The van der Waals surface area contributed by atoms with Crippen molar-refractivity contribution in [3.05, 3.63) is 41.6 Å². The average molecular weight is 331 g/mol. The molecule has 0 spiro atoms. The van der Waals surface area contributed by atoms with Crippen LogP contribution >= 0.6 is 0 Å². The first-order valence-electron chi connectivity index (χ1n) is 7.87. The first kappa shape index (κ1) is 17.5. The summed E-state index contributed by atoms with van der Waals surface area (Å²) in [6.45, 7) is 6.90. The third-order valence-corrected chi connectivity index (χ3v) is 3.23. The SMILES string of the molecule is CCOC(=O)c1ccc(NC(=O)c2cn(CC)nc2OCC)cc1. The molecule has 0 fully saturated rings. The molecule has 7 nitrogen and oxygen atoms in total. The van der Waals surface area contributed by atoms with Crippen LogP contribution in [0.5, 0.6) is 5.88 Å². The maximum Gasteiger partial charge on any atom is 0.338 e. The van der Waals surface area contributed by atoms with Gasteiger partial charge < -0.3 is 14.8 Å². The zero-order valence-corrected chi connectivity index (χ0v) is 14.0. The first-order valence-corrected chi connectivity index (χ1v) is 7.87. The number of carbonyl (C=O) groups excluding carboxylic acids is 2. The summed E-state index contributed by atoms with van der Waals surface area (Å²) < 4.78 is 12.0. The zero-order chi connectivity index (χ0) is 17.5. The molecule has 0 saturated heterocycles. The van der Waals surface area contributed by atoms with Crippen molar-refractivity contribution in [3.8, 4) is 5.88 Å². The van der Waals surface area contributed by atoms with Crippen molar-refractivity contribution in [2.45, 2.75) is 27.3 Å². The Morgan fingerprint density at radius 1 is 1.12 bits per heavy atom. The van der Waals surface area contributed by atoms with Gasteiger partial charge >= 0.3 is 5.97 Å². The number of rotatable bonds is 7. The van der Waals surface area contributed by atoms with E-state index in [4.69, 9.17) is 9.47 Å². The van der Waals surface area contributed by atoms with Crippen LogP contribution in [0.15, 0.2) is 30.5 Å². The number of anilines is 1. The van der Waals surface area contributed by atoms with Crippen molar-refractivity contribution in [1.82, 2.24) is 9.78 Å². The van der Waals surface area contributed by atoms with E-state index in [0.717, 1.165) is 0 Å². The fraction of sp³-hybridized carbons (Fsp3) is 0.353. The van der Waals surface area contributed by atoms with E-state index >= 15 is 0 Å². The second kappa shape index (κ2) is 8.14. The van der Waals surface area contributed by atoms with E-state index in [-0.39, 0.29) is 5.91 Å². The van der Waals surface area contributed by atoms with Crippen molar-refractivity contribution in [3.63, 3.8) is 0 Å². The highest BCUT2D eigenvalue weighted by atomic mass is 16.5. The molecule has 0 radical (unpaired) electrons. The highest BCUT2D eigenvalue weighted by Gasteiger charge is 2.17. The normalized spacial score (nSPS) is 10.3. The lowest BCUT2D eigenvalue weighted by molar-refractivity contribution is 0.0526. The van der Waals surface area contributed by atoms with Crippen LogP contribution in [0.3, 0.4) is 0 Å². The molecule has 0 unspecified atom stereocenters. The quantitative estimate of drug-likeness (QED) is 0.789. The molecule has 128 valence electrons. The van der Waals surface area contributed by atoms with Crippen molar-refractivity contribution in [2.75, 3.05) is 18.5 Å². The third kappa shape index (κ3) is 4.13. The molecule has 2 aromatic rings. The Morgan fingerprint density at radius 2 is 1.83 bits per heavy atom. The van der Waals surface area contributed by atoms with Gasteiger partial charge in [-0.3, -0.25) is 9.48 Å². The van der Waals surface area contributed by atoms with Gasteiger partial charge in [-0.05, 0) is 45.0 Å². The van der Waals surface area contributed by atoms with Crippen LogP contribution in [0.1, 0.15) is 41.5 Å². The number of benzene rings is 1. The van der Waals surface area contributed by atoms with Crippen molar-refractivity contribution in [1.29, 1.82) is 0 Å². The van der Waals surface area contributed by atoms with E-state index in [1.807, 2.05) is 13.8 Å². The number of aryl methyl sites for hydroxylation is 1. The largest absolute Gasteiger partial charge is 0.476 e. The predicted molar refractivity (Wildman–Crippen MR) is 89.4 cm³/mol. The maximum absolute atomic E-state index is 12.4. The molecule has 0 aliphatic rings. The van der Waals surface area contributed by atoms with Gasteiger partial charge in [0.15, 0.2) is 0 Å². The number of nitrogens with zero attached hydrogens (tertiary/aromatic N) is 2. The monoisotopic (exact) mass is 331 g/mol. The lowest BCUT2D eigenvalue weighted by Crippen LogP contribution is -2.13. The Labute approximate surface area is 140 Å². The van der Waals surface area contributed by atoms with Crippen molar-refractivity contribution >= 4 is 17.6 Å². The molecule has 1 N–H and O–H groups in total. The van der Waals surface area contributed by atoms with E-state index in [1.165, 1.54) is 0 Å². The number of amides is 1. The summed E-state index contributed by atoms with van der Waals surface area (Å²) in [4.78, 5) is 24.0. The second-order valence-electron chi connectivity index (χ2n) is 4.89. The van der Waals surface area contributed by atoms with Crippen LogP contribution in [0.2, 0.25) is 0 Å². The molecule has 7 heteroatoms. The minimum absolute atomic E-state index is 0.306. The van der Waals surface area contributed by atoms with Crippen LogP contribution < -0.4 is 10.1 Å². The van der Waals surface area contributed by atoms with Gasteiger partial charge in [0.2, 0.25) is 5.88 Å². The van der Waals surface area contributed by atoms with Gasteiger partial charge in [-0.15, -0.1) is 5.10 Å². The highest BCUT2D eigenvalue weighted by Crippen LogP contribution is 2.19. The van der Waals surface area contributed by atoms with Crippen molar-refractivity contribution in [2.24, 2.45) is 0 Å². The van der Waals surface area contributed by atoms with Gasteiger partial charge in [0.25, 0.3) is 5.91 Å². The smallest absolute Gasteiger partial charge is 0.338 e. The zero-order valence-electron chi connectivity index (χ0n) is 14.0. The summed E-state index contributed by atoms with van der Waals surface area (Å²) in [5, 5.41) is 6.98. The lowest BCUT2D eigenvalue weighted by Gasteiger charge is -2.06. The highest BCUT2D eigenvalue weighted by molar-refractivity contribution is 6.05. The van der Waals surface area contributed by atoms with Gasteiger partial charge in [-0.1, -0.05) is 0 Å². The standard InChI is InChI=1S/C17H21N3O4/c1-4-20-11-14(16(19-20)23-5-2)15(21)18-13-9-7-12(8-10-13)17(22)24-6-3/h7-11H,4-6H2,1-3H3,(H,18,21). The fourth-order valence-corrected chi connectivity index (χ4v) is 2.07. The number of aromatic nitrogens is 2. The summed E-state index contributed by atoms with van der Waals surface area (Å²) in [6, 6.07) is 6.50. The molecule has 1 heterocycles. The van der Waals surface area contributed by atoms with E-state index in [2.05, 4.69) is 10.4 Å². The molecule has 0 bridgehead atoms. The maximum atomic E-state index is 12.4. The third-order valence-electron chi connectivity index (χ3n) is 3.23. The van der Waals surface area contributed by atoms with Gasteiger partial charge in [-0.25, -0.2) is 4.79 Å². The van der Waals surface area contributed by atoms with Gasteiger partial charge in [-0.2, -0.15) is 0 Å². The minimum atomic E-state index is -0.391. The second-order valence-corrected chi connectivity index (χ2v) is 4.89. The molecular weight excluding hydrogens is 310 g/mol. The summed E-state index contributed by atoms with van der Waals surface area (Å²) in [6.07, 6.45) is 1.65. The molecule has 0 atom stereocenters. The van der Waals surface area contributed by atoms with E-state index in [1.54, 1.807) is 42.1 Å².